The van der Waals surface area contributed by atoms with Gasteiger partial charge >= 0.3 is 0 Å². The van der Waals surface area contributed by atoms with Crippen molar-refractivity contribution in [3.63, 3.8) is 0 Å². The molecule has 0 spiro atoms. The standard InChI is InChI=1S/C11H10ClFN2S/c1-7(11-5-14-6-16-11)15-10-3-2-8(13)4-9(10)12/h2-7,15H,1H3. The average Bonchev–Trinajstić information content (AvgIpc) is 2.75. The van der Waals surface area contributed by atoms with E-state index in [9.17, 15) is 4.39 Å². The fraction of sp³-hybridized carbons (Fsp3) is 0.182. The van der Waals surface area contributed by atoms with Gasteiger partial charge in [0.25, 0.3) is 0 Å². The Morgan fingerprint density at radius 1 is 1.50 bits per heavy atom. The molecular formula is C11H10ClFN2S. The predicted octanol–water partition coefficient (Wildman–Crippen LogP) is 4.11. The molecule has 0 aliphatic rings. The molecule has 16 heavy (non-hydrogen) atoms. The molecule has 5 heteroatoms. The molecule has 1 N–H and O–H groups in total. The van der Waals surface area contributed by atoms with Crippen molar-refractivity contribution in [2.45, 2.75) is 13.0 Å². The zero-order valence-corrected chi connectivity index (χ0v) is 10.1. The maximum Gasteiger partial charge on any atom is 0.124 e. The van der Waals surface area contributed by atoms with E-state index in [2.05, 4.69) is 10.3 Å². The first-order valence-corrected chi connectivity index (χ1v) is 6.02. The van der Waals surface area contributed by atoms with Crippen molar-refractivity contribution in [3.05, 3.63) is 45.6 Å². The van der Waals surface area contributed by atoms with Crippen LogP contribution in [0.1, 0.15) is 17.8 Å². The van der Waals surface area contributed by atoms with Gasteiger partial charge in [-0.05, 0) is 25.1 Å². The van der Waals surface area contributed by atoms with Crippen molar-refractivity contribution < 1.29 is 4.39 Å². The highest BCUT2D eigenvalue weighted by molar-refractivity contribution is 7.09. The number of rotatable bonds is 3. The number of thiazole rings is 1. The van der Waals surface area contributed by atoms with E-state index in [1.54, 1.807) is 29.1 Å². The molecule has 0 bridgehead atoms. The van der Waals surface area contributed by atoms with Gasteiger partial charge in [0, 0.05) is 11.1 Å². The van der Waals surface area contributed by atoms with Crippen molar-refractivity contribution in [2.75, 3.05) is 5.32 Å². The Bertz CT molecular complexity index is 473. The number of hydrogen-bond acceptors (Lipinski definition) is 3. The van der Waals surface area contributed by atoms with Gasteiger partial charge in [0.2, 0.25) is 0 Å². The number of hydrogen-bond donors (Lipinski definition) is 1. The Balaban J connectivity index is 2.15. The Hall–Kier alpha value is -1.13. The molecule has 1 heterocycles. The number of nitrogens with zero attached hydrogens (tertiary/aromatic N) is 1. The number of halogens is 2. The summed E-state index contributed by atoms with van der Waals surface area (Å²) in [7, 11) is 0. The SMILES string of the molecule is CC(Nc1ccc(F)cc1Cl)c1cncs1. The van der Waals surface area contributed by atoms with E-state index >= 15 is 0 Å². The van der Waals surface area contributed by atoms with Crippen LogP contribution < -0.4 is 5.32 Å². The molecule has 1 unspecified atom stereocenters. The summed E-state index contributed by atoms with van der Waals surface area (Å²) in [6.07, 6.45) is 1.81. The van der Waals surface area contributed by atoms with Crippen LogP contribution in [-0.4, -0.2) is 4.98 Å². The van der Waals surface area contributed by atoms with Crippen molar-refractivity contribution in [2.24, 2.45) is 0 Å². The topological polar surface area (TPSA) is 24.9 Å². The van der Waals surface area contributed by atoms with Crippen LogP contribution in [-0.2, 0) is 0 Å². The number of aromatic nitrogens is 1. The van der Waals surface area contributed by atoms with E-state index in [-0.39, 0.29) is 11.9 Å². The van der Waals surface area contributed by atoms with Crippen LogP contribution in [0.4, 0.5) is 10.1 Å². The predicted molar refractivity (Wildman–Crippen MR) is 65.6 cm³/mol. The fourth-order valence-electron chi connectivity index (χ4n) is 1.35. The second kappa shape index (κ2) is 4.80. The Morgan fingerprint density at radius 3 is 2.94 bits per heavy atom. The van der Waals surface area contributed by atoms with E-state index < -0.39 is 0 Å². The minimum Gasteiger partial charge on any atom is -0.376 e. The molecule has 1 atom stereocenters. The van der Waals surface area contributed by atoms with Gasteiger partial charge in [-0.1, -0.05) is 11.6 Å². The molecule has 0 aliphatic heterocycles. The minimum absolute atomic E-state index is 0.107. The molecule has 0 amide bonds. The van der Waals surface area contributed by atoms with Gasteiger partial charge < -0.3 is 5.32 Å². The molecule has 0 fully saturated rings. The van der Waals surface area contributed by atoms with Crippen molar-refractivity contribution in [3.8, 4) is 0 Å². The lowest BCUT2D eigenvalue weighted by atomic mass is 10.2. The van der Waals surface area contributed by atoms with Crippen LogP contribution in [0.5, 0.6) is 0 Å². The van der Waals surface area contributed by atoms with E-state index in [0.29, 0.717) is 5.02 Å². The minimum atomic E-state index is -0.332. The van der Waals surface area contributed by atoms with Crippen LogP contribution in [0.15, 0.2) is 29.9 Å². The summed E-state index contributed by atoms with van der Waals surface area (Å²) < 4.78 is 12.8. The Morgan fingerprint density at radius 2 is 2.31 bits per heavy atom. The zero-order valence-electron chi connectivity index (χ0n) is 8.58. The molecule has 1 aromatic carbocycles. The molecule has 2 aromatic rings. The molecular weight excluding hydrogens is 247 g/mol. The third-order valence-electron chi connectivity index (χ3n) is 2.18. The lowest BCUT2D eigenvalue weighted by molar-refractivity contribution is 0.628. The van der Waals surface area contributed by atoms with Gasteiger partial charge in [0.1, 0.15) is 5.82 Å². The second-order valence-corrected chi connectivity index (χ2v) is 4.72. The van der Waals surface area contributed by atoms with E-state index in [1.165, 1.54) is 12.1 Å². The van der Waals surface area contributed by atoms with Crippen molar-refractivity contribution in [1.29, 1.82) is 0 Å². The lowest BCUT2D eigenvalue weighted by Gasteiger charge is -2.14. The molecule has 84 valence electrons. The summed E-state index contributed by atoms with van der Waals surface area (Å²) >= 11 is 7.49. The van der Waals surface area contributed by atoms with Crippen LogP contribution in [0.3, 0.4) is 0 Å². The summed E-state index contributed by atoms with van der Waals surface area (Å²) in [4.78, 5) is 5.12. The van der Waals surface area contributed by atoms with Crippen LogP contribution in [0.25, 0.3) is 0 Å². The van der Waals surface area contributed by atoms with Gasteiger partial charge in [-0.2, -0.15) is 0 Å². The van der Waals surface area contributed by atoms with Crippen LogP contribution in [0, 0.1) is 5.82 Å². The maximum atomic E-state index is 12.8. The number of nitrogens with one attached hydrogen (secondary N) is 1. The summed E-state index contributed by atoms with van der Waals surface area (Å²) in [6.45, 7) is 2.01. The van der Waals surface area contributed by atoms with Gasteiger partial charge in [0.15, 0.2) is 0 Å². The largest absolute Gasteiger partial charge is 0.376 e. The molecule has 2 nitrogen and oxygen atoms in total. The fourth-order valence-corrected chi connectivity index (χ4v) is 2.20. The first-order chi connectivity index (χ1) is 7.66. The van der Waals surface area contributed by atoms with E-state index in [4.69, 9.17) is 11.6 Å². The molecule has 2 rings (SSSR count). The first kappa shape index (κ1) is 11.4. The smallest absolute Gasteiger partial charge is 0.124 e. The second-order valence-electron chi connectivity index (χ2n) is 3.39. The summed E-state index contributed by atoms with van der Waals surface area (Å²) in [5.41, 5.74) is 2.50. The van der Waals surface area contributed by atoms with Crippen LogP contribution >= 0.6 is 22.9 Å². The first-order valence-electron chi connectivity index (χ1n) is 4.77. The average molecular weight is 257 g/mol. The van der Waals surface area contributed by atoms with E-state index in [0.717, 1.165) is 10.6 Å². The Labute approximate surface area is 102 Å². The van der Waals surface area contributed by atoms with E-state index in [1.807, 2.05) is 6.92 Å². The van der Waals surface area contributed by atoms with Gasteiger partial charge in [-0.15, -0.1) is 11.3 Å². The third-order valence-corrected chi connectivity index (χ3v) is 3.45. The highest BCUT2D eigenvalue weighted by atomic mass is 35.5. The summed E-state index contributed by atoms with van der Waals surface area (Å²) in [5.74, 6) is -0.332. The molecule has 0 saturated heterocycles. The molecule has 0 radical (unpaired) electrons. The highest BCUT2D eigenvalue weighted by Crippen LogP contribution is 2.27. The molecule has 0 aliphatic carbocycles. The van der Waals surface area contributed by atoms with Gasteiger partial charge in [0.05, 0.1) is 22.3 Å². The lowest BCUT2D eigenvalue weighted by Crippen LogP contribution is -2.05. The number of benzene rings is 1. The quantitative estimate of drug-likeness (QED) is 0.894. The number of anilines is 1. The zero-order chi connectivity index (χ0) is 11.5. The normalized spacial score (nSPS) is 12.4. The van der Waals surface area contributed by atoms with Crippen molar-refractivity contribution >= 4 is 28.6 Å². The monoisotopic (exact) mass is 256 g/mol. The van der Waals surface area contributed by atoms with Crippen molar-refractivity contribution in [1.82, 2.24) is 4.98 Å². The highest BCUT2D eigenvalue weighted by Gasteiger charge is 2.09. The van der Waals surface area contributed by atoms with Gasteiger partial charge in [-0.25, -0.2) is 4.39 Å². The summed E-state index contributed by atoms with van der Waals surface area (Å²) in [5, 5.41) is 3.60. The third kappa shape index (κ3) is 2.51. The van der Waals surface area contributed by atoms with Gasteiger partial charge in [-0.3, -0.25) is 4.98 Å². The van der Waals surface area contributed by atoms with Crippen LogP contribution in [0.2, 0.25) is 5.02 Å². The maximum absolute atomic E-state index is 12.8. The molecule has 1 aromatic heterocycles. The summed E-state index contributed by atoms with van der Waals surface area (Å²) in [6, 6.07) is 4.42. The Kier molecular flexibility index (Phi) is 3.41. The molecule has 0 saturated carbocycles.